The van der Waals surface area contributed by atoms with Crippen LogP contribution in [-0.4, -0.2) is 45.9 Å². The highest BCUT2D eigenvalue weighted by Gasteiger charge is 2.32. The van der Waals surface area contributed by atoms with Gasteiger partial charge in [0.15, 0.2) is 5.78 Å². The van der Waals surface area contributed by atoms with E-state index < -0.39 is 18.3 Å². The van der Waals surface area contributed by atoms with Gasteiger partial charge in [0.25, 0.3) is 0 Å². The molecule has 3 aromatic rings. The van der Waals surface area contributed by atoms with Gasteiger partial charge in [0.2, 0.25) is 0 Å². The molecule has 6 heteroatoms. The third kappa shape index (κ3) is 5.03. The van der Waals surface area contributed by atoms with Gasteiger partial charge in [-0.3, -0.25) is 9.78 Å². The Balaban J connectivity index is 1.49. The number of nitrogens with zero attached hydrogens (tertiary/aromatic N) is 1. The van der Waals surface area contributed by atoms with Gasteiger partial charge in [0.05, 0.1) is 30.0 Å². The first-order valence-electron chi connectivity index (χ1n) is 11.4. The maximum absolute atomic E-state index is 13.6. The fourth-order valence-corrected chi connectivity index (χ4v) is 4.26. The predicted octanol–water partition coefficient (Wildman–Crippen LogP) is 4.40. The molecule has 1 aliphatic heterocycles. The second-order valence-electron chi connectivity index (χ2n) is 8.89. The lowest BCUT2D eigenvalue weighted by Gasteiger charge is -2.16. The third-order valence-corrected chi connectivity index (χ3v) is 6.18. The molecule has 2 aliphatic rings. The van der Waals surface area contributed by atoms with Gasteiger partial charge in [-0.1, -0.05) is 42.5 Å². The van der Waals surface area contributed by atoms with Crippen molar-refractivity contribution in [1.82, 2.24) is 4.98 Å². The largest absolute Gasteiger partial charge is 0.393 e. The Kier molecular flexibility index (Phi) is 6.06. The highest BCUT2D eigenvalue weighted by atomic mass is 19.1. The van der Waals surface area contributed by atoms with E-state index in [9.17, 15) is 19.4 Å². The zero-order valence-corrected chi connectivity index (χ0v) is 18.2. The Morgan fingerprint density at radius 1 is 1.15 bits per heavy atom. The average molecular weight is 448 g/mol. The number of halogens is 1. The number of ketones is 1. The highest BCUT2D eigenvalue weighted by molar-refractivity contribution is 5.99. The van der Waals surface area contributed by atoms with Crippen molar-refractivity contribution in [3.8, 4) is 11.1 Å². The summed E-state index contributed by atoms with van der Waals surface area (Å²) in [7, 11) is 0. The van der Waals surface area contributed by atoms with Crippen LogP contribution in [0.25, 0.3) is 28.1 Å². The molecule has 0 amide bonds. The summed E-state index contributed by atoms with van der Waals surface area (Å²) in [5.41, 5.74) is 4.58. The summed E-state index contributed by atoms with van der Waals surface area (Å²) in [6.45, 7) is 0.416. The number of pyridine rings is 1. The number of para-hydroxylation sites is 1. The lowest BCUT2D eigenvalue weighted by atomic mass is 9.92. The number of epoxide rings is 1. The van der Waals surface area contributed by atoms with Gasteiger partial charge in [-0.15, -0.1) is 0 Å². The van der Waals surface area contributed by atoms with Crippen LogP contribution in [0.3, 0.4) is 0 Å². The van der Waals surface area contributed by atoms with Crippen LogP contribution < -0.4 is 0 Å². The van der Waals surface area contributed by atoms with E-state index in [1.54, 1.807) is 18.2 Å². The zero-order chi connectivity index (χ0) is 22.9. The number of hydrogen-bond donors (Lipinski definition) is 2. The minimum Gasteiger partial charge on any atom is -0.393 e. The number of Topliss-reactive ketones (excluding diaryl/α,β-unsaturated/α-hetero) is 1. The molecule has 170 valence electrons. The zero-order valence-electron chi connectivity index (χ0n) is 18.2. The van der Waals surface area contributed by atoms with Gasteiger partial charge in [-0.25, -0.2) is 4.39 Å². The van der Waals surface area contributed by atoms with Gasteiger partial charge in [0.1, 0.15) is 11.9 Å². The second-order valence-corrected chi connectivity index (χ2v) is 8.89. The van der Waals surface area contributed by atoms with Crippen LogP contribution in [0.2, 0.25) is 0 Å². The molecule has 1 unspecified atom stereocenters. The molecular formula is C27H26FNO4. The fourth-order valence-electron chi connectivity index (χ4n) is 4.26. The first kappa shape index (κ1) is 21.9. The van der Waals surface area contributed by atoms with Crippen LogP contribution in [0.1, 0.15) is 42.9 Å². The number of ether oxygens (including phenoxy) is 1. The molecule has 5 rings (SSSR count). The van der Waals surface area contributed by atoms with Crippen LogP contribution in [0.5, 0.6) is 0 Å². The number of fused-ring (bicyclic) bond motifs is 1. The fraction of sp³-hybridized carbons (Fsp3) is 0.333. The van der Waals surface area contributed by atoms with Crippen molar-refractivity contribution in [3.05, 3.63) is 71.7 Å². The van der Waals surface area contributed by atoms with E-state index in [1.165, 1.54) is 12.1 Å². The van der Waals surface area contributed by atoms with E-state index in [-0.39, 0.29) is 24.4 Å². The second kappa shape index (κ2) is 9.14. The number of benzene rings is 2. The van der Waals surface area contributed by atoms with Crippen molar-refractivity contribution in [2.75, 3.05) is 6.61 Å². The molecule has 2 fully saturated rings. The summed E-state index contributed by atoms with van der Waals surface area (Å²) < 4.78 is 18.6. The Hall–Kier alpha value is -2.93. The van der Waals surface area contributed by atoms with E-state index in [1.807, 2.05) is 30.3 Å². The minimum absolute atomic E-state index is 0.0265. The van der Waals surface area contributed by atoms with Crippen LogP contribution in [0.4, 0.5) is 4.39 Å². The monoisotopic (exact) mass is 447 g/mol. The van der Waals surface area contributed by atoms with Crippen molar-refractivity contribution >= 4 is 22.8 Å². The van der Waals surface area contributed by atoms with Gasteiger partial charge in [-0.05, 0) is 36.6 Å². The van der Waals surface area contributed by atoms with E-state index in [0.29, 0.717) is 12.5 Å². The Morgan fingerprint density at radius 2 is 1.88 bits per heavy atom. The number of carbonyl (C=O) groups is 1. The quantitative estimate of drug-likeness (QED) is 0.475. The normalized spacial score (nSPS) is 19.7. The van der Waals surface area contributed by atoms with Crippen LogP contribution in [0.15, 0.2) is 54.6 Å². The molecule has 2 aromatic carbocycles. The first-order chi connectivity index (χ1) is 16.0. The predicted molar refractivity (Wildman–Crippen MR) is 124 cm³/mol. The van der Waals surface area contributed by atoms with Gasteiger partial charge in [0, 0.05) is 35.3 Å². The van der Waals surface area contributed by atoms with Crippen LogP contribution >= 0.6 is 0 Å². The van der Waals surface area contributed by atoms with Gasteiger partial charge >= 0.3 is 0 Å². The smallest absolute Gasteiger partial charge is 0.166 e. The molecule has 33 heavy (non-hydrogen) atoms. The topological polar surface area (TPSA) is 83.0 Å². The lowest BCUT2D eigenvalue weighted by Crippen LogP contribution is -2.21. The molecule has 3 atom stereocenters. The molecule has 0 radical (unpaired) electrons. The first-order valence-corrected chi connectivity index (χ1v) is 11.4. The number of carbonyl (C=O) groups excluding carboxylic acids is 1. The van der Waals surface area contributed by atoms with Crippen molar-refractivity contribution in [3.63, 3.8) is 0 Å². The molecule has 0 bridgehead atoms. The lowest BCUT2D eigenvalue weighted by molar-refractivity contribution is -0.122. The van der Waals surface area contributed by atoms with Gasteiger partial charge < -0.3 is 14.9 Å². The summed E-state index contributed by atoms with van der Waals surface area (Å²) >= 11 is 0. The molecule has 5 nitrogen and oxygen atoms in total. The van der Waals surface area contributed by atoms with E-state index in [2.05, 4.69) is 0 Å². The number of aliphatic hydroxyl groups excluding tert-OH is 2. The maximum Gasteiger partial charge on any atom is 0.166 e. The molecule has 1 saturated heterocycles. The minimum atomic E-state index is -0.935. The molecule has 0 spiro atoms. The molecule has 1 aliphatic carbocycles. The summed E-state index contributed by atoms with van der Waals surface area (Å²) in [5.74, 6) is -0.0773. The summed E-state index contributed by atoms with van der Waals surface area (Å²) in [6.07, 6.45) is 3.39. The number of hydrogen-bond acceptors (Lipinski definition) is 5. The van der Waals surface area contributed by atoms with Crippen LogP contribution in [0, 0.1) is 5.82 Å². The van der Waals surface area contributed by atoms with Gasteiger partial charge in [-0.2, -0.15) is 0 Å². The molecule has 1 saturated carbocycles. The molecular weight excluding hydrogens is 421 g/mol. The van der Waals surface area contributed by atoms with E-state index in [4.69, 9.17) is 9.72 Å². The number of aliphatic hydroxyl groups is 2. The van der Waals surface area contributed by atoms with Crippen LogP contribution in [-0.2, 0) is 9.53 Å². The Labute approximate surface area is 191 Å². The molecule has 1 aromatic heterocycles. The highest BCUT2D eigenvalue weighted by Crippen LogP contribution is 2.45. The third-order valence-electron chi connectivity index (χ3n) is 6.18. The van der Waals surface area contributed by atoms with E-state index in [0.717, 1.165) is 46.1 Å². The number of rotatable bonds is 9. The number of aromatic nitrogens is 1. The SMILES string of the molecule is O=C(C[C@H](O)C[C@H](O)/C=C/c1c(C2CC2)nc2ccccc2c1-c1ccc(F)cc1)C1CO1. The Bertz CT molecular complexity index is 1200. The van der Waals surface area contributed by atoms with Crippen molar-refractivity contribution in [1.29, 1.82) is 0 Å². The summed E-state index contributed by atoms with van der Waals surface area (Å²) in [6, 6.07) is 14.3. The summed E-state index contributed by atoms with van der Waals surface area (Å²) in [5, 5.41) is 21.7. The molecule has 2 N–H and O–H groups in total. The average Bonchev–Trinajstić information content (AvgIpc) is 3.70. The maximum atomic E-state index is 13.6. The Morgan fingerprint density at radius 3 is 2.58 bits per heavy atom. The van der Waals surface area contributed by atoms with Crippen molar-refractivity contribution < 1.29 is 24.1 Å². The standard InChI is InChI=1S/C27H26FNO4/c28-18-9-7-16(8-10-18)26-21-3-1-2-4-23(21)29-27(17-5-6-17)22(26)12-11-19(30)13-20(31)14-24(32)25-15-33-25/h1-4,7-12,17,19-20,25,30-31H,5-6,13-15H2/b12-11+/t19-,20-,25?/m1/s1. The summed E-state index contributed by atoms with van der Waals surface area (Å²) in [4.78, 5) is 16.8. The van der Waals surface area contributed by atoms with Crippen molar-refractivity contribution in [2.24, 2.45) is 0 Å². The van der Waals surface area contributed by atoms with E-state index >= 15 is 0 Å². The van der Waals surface area contributed by atoms with Crippen molar-refractivity contribution in [2.45, 2.75) is 49.9 Å². The molecule has 2 heterocycles.